The molecule has 1 aromatic carbocycles. The number of pyridine rings is 1. The number of carboxylic acids is 1. The number of aromatic carboxylic acids is 1. The SMILES string of the molecule is CC[C@H]1OC(=O)[C@H](C)[C@@H](O[C@H]2C[C@@](C)(OC)[C@@H](OCCNCCCc3ccc4c(c3)c(=O)c(C(=O)O)cn4NC)[C@H](C)O2)[C@H](C)[C@@H](O[C@@H]2O[C@H](C)C[C@H](N(C)C)[C@H]2O)[C@](C)(OC)C[C@@H](C)C(=O)[C@H](C)[C@@H](O)[C@]1(C)O. The molecule has 0 amide bonds. The number of cyclic esters (lactones) is 1. The molecule has 20 nitrogen and oxygen atoms in total. The summed E-state index contributed by atoms with van der Waals surface area (Å²) >= 11 is 0. The van der Waals surface area contributed by atoms with E-state index in [4.69, 9.17) is 37.9 Å². The van der Waals surface area contributed by atoms with Gasteiger partial charge in [-0.05, 0) is 112 Å². The van der Waals surface area contributed by atoms with Gasteiger partial charge in [0.1, 0.15) is 35.3 Å². The number of hydrogen-bond acceptors (Lipinski definition) is 18. The minimum absolute atomic E-state index is 0.0865. The number of carbonyl (C=O) groups is 3. The van der Waals surface area contributed by atoms with Crippen molar-refractivity contribution in [3.05, 3.63) is 45.7 Å². The Morgan fingerprint density at radius 2 is 1.58 bits per heavy atom. The van der Waals surface area contributed by atoms with Gasteiger partial charge in [0, 0.05) is 69.6 Å². The highest BCUT2D eigenvalue weighted by atomic mass is 16.7. The van der Waals surface area contributed by atoms with Crippen molar-refractivity contribution in [2.24, 2.45) is 23.7 Å². The first-order valence-corrected chi connectivity index (χ1v) is 26.3. The third kappa shape index (κ3) is 13.5. The fourth-order valence-corrected chi connectivity index (χ4v) is 11.6. The number of aryl methyl sites for hydroxylation is 1. The first kappa shape index (κ1) is 61.2. The maximum absolute atomic E-state index is 14.6. The van der Waals surface area contributed by atoms with Crippen molar-refractivity contribution < 1.29 is 72.7 Å². The number of esters is 1. The molecule has 0 bridgehead atoms. The number of carbonyl (C=O) groups excluding carboxylic acids is 2. The Balaban J connectivity index is 1.36. The third-order valence-corrected chi connectivity index (χ3v) is 16.2. The monoisotopic (exact) mass is 1050 g/mol. The number of aromatic nitrogens is 1. The third-order valence-electron chi connectivity index (χ3n) is 16.2. The quantitative estimate of drug-likeness (QED) is 0.0915. The summed E-state index contributed by atoms with van der Waals surface area (Å²) < 4.78 is 53.5. The van der Waals surface area contributed by atoms with Gasteiger partial charge in [0.15, 0.2) is 12.6 Å². The summed E-state index contributed by atoms with van der Waals surface area (Å²) in [4.78, 5) is 55.4. The first-order valence-electron chi connectivity index (χ1n) is 26.3. The van der Waals surface area contributed by atoms with Crippen LogP contribution in [0, 0.1) is 23.7 Å². The van der Waals surface area contributed by atoms with E-state index in [1.807, 2.05) is 59.7 Å². The molecule has 4 heterocycles. The molecule has 2 aromatic rings. The Morgan fingerprint density at radius 3 is 2.19 bits per heavy atom. The number of hydrogen-bond donors (Lipinski definition) is 6. The highest BCUT2D eigenvalue weighted by Crippen LogP contribution is 2.42. The van der Waals surface area contributed by atoms with E-state index >= 15 is 0 Å². The molecule has 18 atom stereocenters. The van der Waals surface area contributed by atoms with Gasteiger partial charge in [-0.2, -0.15) is 0 Å². The summed E-state index contributed by atoms with van der Waals surface area (Å²) in [6.07, 6.45) is -5.81. The number of likely N-dealkylation sites (N-methyl/N-ethyl adjacent to an activating group) is 1. The Kier molecular flexibility index (Phi) is 21.2. The van der Waals surface area contributed by atoms with Gasteiger partial charge in [0.25, 0.3) is 0 Å². The second kappa shape index (κ2) is 25.7. The van der Waals surface area contributed by atoms with Crippen LogP contribution in [0.5, 0.6) is 0 Å². The molecule has 3 aliphatic rings. The number of aliphatic hydroxyl groups excluding tert-OH is 2. The molecule has 3 aliphatic heterocycles. The predicted molar refractivity (Wildman–Crippen MR) is 276 cm³/mol. The second-order valence-corrected chi connectivity index (χ2v) is 22.0. The van der Waals surface area contributed by atoms with E-state index in [9.17, 15) is 39.6 Å². The average molecular weight is 1050 g/mol. The first-order chi connectivity index (χ1) is 34.7. The number of carboxylic acid groups (broad SMARTS) is 1. The molecule has 420 valence electrons. The lowest BCUT2D eigenvalue weighted by atomic mass is 9.74. The van der Waals surface area contributed by atoms with Crippen LogP contribution < -0.4 is 16.2 Å². The minimum Gasteiger partial charge on any atom is -0.477 e. The van der Waals surface area contributed by atoms with E-state index < -0.39 is 113 Å². The Bertz CT molecular complexity index is 2260. The van der Waals surface area contributed by atoms with Crippen molar-refractivity contribution in [1.29, 1.82) is 0 Å². The van der Waals surface area contributed by atoms with E-state index in [1.54, 1.807) is 54.0 Å². The fourth-order valence-electron chi connectivity index (χ4n) is 11.6. The number of Topliss-reactive ketones (excluding diaryl/α,β-unsaturated/α-hetero) is 1. The lowest BCUT2D eigenvalue weighted by molar-refractivity contribution is -0.322. The topological polar surface area (TPSA) is 255 Å². The zero-order valence-electron chi connectivity index (χ0n) is 46.4. The number of aliphatic hydroxyl groups is 3. The van der Waals surface area contributed by atoms with Crippen LogP contribution in [0.15, 0.2) is 29.2 Å². The molecule has 1 aromatic heterocycles. The van der Waals surface area contributed by atoms with Gasteiger partial charge in [-0.25, -0.2) is 4.79 Å². The standard InChI is InChI=1S/C54H88N4O16/c1-16-40-54(10,66)46(62)31(4)42(59)29(2)26-52(8,67-14)47(74-51-44(61)39(57(12)13)24-30(3)70-51)32(5)45(33(6)50(65)72-40)73-41-27-53(9,68-15)48(34(7)71-41)69-23-22-56-21-17-18-35-19-20-38-36(25-35)43(60)37(49(63)64)28-58(38)55-11/h19-20,25,28-34,39-41,44-48,51,55-56,61-62,66H,16-18,21-24,26-27H2,1-15H3,(H,63,64)/t29-,30-,31+,32+,33-,34+,39+,40-,41+,44-,45+,46-,47-,48+,51+,52-,53-,54-/m1/s1. The maximum Gasteiger partial charge on any atom is 0.341 e. The summed E-state index contributed by atoms with van der Waals surface area (Å²) in [5.41, 5.74) is -0.694. The van der Waals surface area contributed by atoms with Crippen molar-refractivity contribution in [2.45, 2.75) is 192 Å². The lowest BCUT2D eigenvalue weighted by Crippen LogP contribution is -2.61. The van der Waals surface area contributed by atoms with E-state index in [0.717, 1.165) is 12.0 Å². The zero-order valence-corrected chi connectivity index (χ0v) is 46.4. The van der Waals surface area contributed by atoms with Gasteiger partial charge >= 0.3 is 11.9 Å². The van der Waals surface area contributed by atoms with Crippen LogP contribution in [0.1, 0.15) is 117 Å². The number of benzene rings is 1. The molecule has 0 unspecified atom stereocenters. The molecule has 0 radical (unpaired) electrons. The molecule has 0 saturated carbocycles. The number of nitrogens with one attached hydrogen (secondary N) is 2. The van der Waals surface area contributed by atoms with Gasteiger partial charge in [-0.15, -0.1) is 0 Å². The van der Waals surface area contributed by atoms with Crippen LogP contribution in [0.3, 0.4) is 0 Å². The highest BCUT2D eigenvalue weighted by Gasteiger charge is 2.54. The van der Waals surface area contributed by atoms with Crippen LogP contribution >= 0.6 is 0 Å². The van der Waals surface area contributed by atoms with Crippen LogP contribution in [-0.4, -0.2) is 187 Å². The Labute approximate surface area is 437 Å². The van der Waals surface area contributed by atoms with Gasteiger partial charge in [-0.3, -0.25) is 19.1 Å². The van der Waals surface area contributed by atoms with Crippen LogP contribution in [-0.2, 0) is 53.9 Å². The molecule has 0 aliphatic carbocycles. The molecule has 5 rings (SSSR count). The number of nitrogens with zero attached hydrogens (tertiary/aromatic N) is 2. The molecule has 74 heavy (non-hydrogen) atoms. The van der Waals surface area contributed by atoms with Crippen molar-refractivity contribution >= 4 is 28.6 Å². The Hall–Kier alpha value is -3.64. The summed E-state index contributed by atoms with van der Waals surface area (Å²) in [5.74, 6) is -5.92. The van der Waals surface area contributed by atoms with Gasteiger partial charge in [-0.1, -0.05) is 33.8 Å². The lowest BCUT2D eigenvalue weighted by Gasteiger charge is -2.50. The molecular weight excluding hydrogens is 961 g/mol. The van der Waals surface area contributed by atoms with Crippen molar-refractivity contribution in [3.63, 3.8) is 0 Å². The van der Waals surface area contributed by atoms with E-state index in [0.29, 0.717) is 43.4 Å². The molecular formula is C54H88N4O16. The van der Waals surface area contributed by atoms with E-state index in [-0.39, 0.29) is 42.8 Å². The predicted octanol–water partition coefficient (Wildman–Crippen LogP) is 3.87. The van der Waals surface area contributed by atoms with Gasteiger partial charge in [0.2, 0.25) is 5.43 Å². The maximum atomic E-state index is 14.6. The molecule has 0 spiro atoms. The molecule has 3 saturated heterocycles. The number of methoxy groups -OCH3 is 2. The molecule has 20 heteroatoms. The molecule has 3 fully saturated rings. The van der Waals surface area contributed by atoms with Crippen LogP contribution in [0.2, 0.25) is 0 Å². The second-order valence-electron chi connectivity index (χ2n) is 22.0. The number of ketones is 1. The normalized spacial score (nSPS) is 37.9. The number of rotatable bonds is 18. The van der Waals surface area contributed by atoms with Crippen molar-refractivity contribution in [1.82, 2.24) is 14.9 Å². The van der Waals surface area contributed by atoms with E-state index in [2.05, 4.69) is 10.7 Å². The van der Waals surface area contributed by atoms with Gasteiger partial charge < -0.3 is 74.0 Å². The summed E-state index contributed by atoms with van der Waals surface area (Å²) in [7, 11) is 8.51. The number of fused-ring (bicyclic) bond motifs is 1. The zero-order chi connectivity index (χ0) is 55.2. The van der Waals surface area contributed by atoms with Crippen LogP contribution in [0.4, 0.5) is 0 Å². The largest absolute Gasteiger partial charge is 0.477 e. The van der Waals surface area contributed by atoms with Crippen molar-refractivity contribution in [2.75, 3.05) is 60.5 Å². The number of ether oxygens (including phenoxy) is 8. The van der Waals surface area contributed by atoms with Crippen LogP contribution in [0.25, 0.3) is 10.9 Å². The molecule has 6 N–H and O–H groups in total. The smallest absolute Gasteiger partial charge is 0.341 e. The fraction of sp³-hybridized carbons (Fsp3) is 0.778. The summed E-state index contributed by atoms with van der Waals surface area (Å²) in [5, 5.41) is 48.6. The van der Waals surface area contributed by atoms with Gasteiger partial charge in [0.05, 0.1) is 59.8 Å². The Morgan fingerprint density at radius 1 is 0.919 bits per heavy atom. The summed E-state index contributed by atoms with van der Waals surface area (Å²) in [6, 6.07) is 5.16. The van der Waals surface area contributed by atoms with Crippen molar-refractivity contribution in [3.8, 4) is 0 Å². The average Bonchev–Trinajstić information content (AvgIpc) is 3.35. The summed E-state index contributed by atoms with van der Waals surface area (Å²) in [6.45, 7) is 18.9. The minimum atomic E-state index is -2.00. The highest BCUT2D eigenvalue weighted by molar-refractivity contribution is 5.92. The van der Waals surface area contributed by atoms with E-state index in [1.165, 1.54) is 24.9 Å².